The van der Waals surface area contributed by atoms with E-state index in [0.29, 0.717) is 49.2 Å². The van der Waals surface area contributed by atoms with Crippen LogP contribution in [0.1, 0.15) is 22.8 Å². The van der Waals surface area contributed by atoms with Crippen LogP contribution in [0.4, 0.5) is 11.6 Å². The van der Waals surface area contributed by atoms with E-state index in [-0.39, 0.29) is 11.8 Å². The lowest BCUT2D eigenvalue weighted by atomic mass is 10.1. The number of nitrogens with zero attached hydrogens (tertiary/aromatic N) is 2. The number of aromatic nitrogens is 2. The molecule has 0 saturated carbocycles. The zero-order chi connectivity index (χ0) is 22.8. The number of hydrogen-bond acceptors (Lipinski definition) is 6. The summed E-state index contributed by atoms with van der Waals surface area (Å²) in [5.41, 5.74) is 2.51. The summed E-state index contributed by atoms with van der Waals surface area (Å²) in [4.78, 5) is 32.6. The molecule has 0 unspecified atom stereocenters. The first kappa shape index (κ1) is 22.7. The van der Waals surface area contributed by atoms with Gasteiger partial charge in [-0.05, 0) is 18.6 Å². The van der Waals surface area contributed by atoms with E-state index in [4.69, 9.17) is 0 Å². The Morgan fingerprint density at radius 2 is 1.38 bits per heavy atom. The molecule has 3 rings (SSSR count). The van der Waals surface area contributed by atoms with Crippen LogP contribution in [-0.4, -0.2) is 48.0 Å². The van der Waals surface area contributed by atoms with E-state index in [0.717, 1.165) is 11.1 Å². The number of carbonyl (C=O) groups is 2. The summed E-state index contributed by atoms with van der Waals surface area (Å²) in [6, 6.07) is 19.0. The molecule has 3 aromatic rings. The molecular weight excluding hydrogens is 404 g/mol. The number of anilines is 2. The van der Waals surface area contributed by atoms with Gasteiger partial charge in [-0.15, -0.1) is 0 Å². The highest BCUT2D eigenvalue weighted by Gasteiger charge is 2.09. The molecule has 2 amide bonds. The quantitative estimate of drug-likeness (QED) is 0.367. The van der Waals surface area contributed by atoms with Crippen molar-refractivity contribution in [1.82, 2.24) is 20.6 Å². The molecule has 0 aliphatic rings. The van der Waals surface area contributed by atoms with Crippen LogP contribution in [0.3, 0.4) is 0 Å². The lowest BCUT2D eigenvalue weighted by molar-refractivity contribution is -0.118. The maximum absolute atomic E-state index is 12.4. The third-order valence-electron chi connectivity index (χ3n) is 4.67. The molecule has 2 aromatic carbocycles. The Kier molecular flexibility index (Phi) is 8.14. The Hall–Kier alpha value is -3.94. The van der Waals surface area contributed by atoms with Gasteiger partial charge in [-0.2, -0.15) is 0 Å². The largest absolute Gasteiger partial charge is 0.368 e. The number of aryl methyl sites for hydroxylation is 1. The second-order valence-electron chi connectivity index (χ2n) is 7.24. The molecule has 1 heterocycles. The summed E-state index contributed by atoms with van der Waals surface area (Å²) in [7, 11) is 0. The molecule has 0 fully saturated rings. The normalized spacial score (nSPS) is 10.3. The fraction of sp³-hybridized carbons (Fsp3) is 0.250. The molecule has 166 valence electrons. The van der Waals surface area contributed by atoms with Crippen LogP contribution >= 0.6 is 0 Å². The molecule has 0 spiro atoms. The summed E-state index contributed by atoms with van der Waals surface area (Å²) >= 11 is 0. The van der Waals surface area contributed by atoms with Gasteiger partial charge in [0.2, 0.25) is 5.91 Å². The molecule has 8 nitrogen and oxygen atoms in total. The molecule has 0 atom stereocenters. The number of rotatable bonds is 10. The molecular formula is C24H28N6O2. The highest BCUT2D eigenvalue weighted by molar-refractivity contribution is 5.95. The summed E-state index contributed by atoms with van der Waals surface area (Å²) in [6.07, 6.45) is 0. The lowest BCUT2D eigenvalue weighted by Crippen LogP contribution is -2.29. The molecule has 8 heteroatoms. The number of benzene rings is 2. The Balaban J connectivity index is 1.62. The van der Waals surface area contributed by atoms with Crippen LogP contribution in [0.15, 0.2) is 60.7 Å². The van der Waals surface area contributed by atoms with Gasteiger partial charge in [0.1, 0.15) is 11.6 Å². The van der Waals surface area contributed by atoms with E-state index in [2.05, 4.69) is 31.2 Å². The highest BCUT2D eigenvalue weighted by Crippen LogP contribution is 2.20. The summed E-state index contributed by atoms with van der Waals surface area (Å²) in [5.74, 6) is 1.70. The standard InChI is InChI=1S/C24H28N6O2/c1-17-8-6-7-11-20(17)24(32)28-15-14-27-22-16-21(26-13-12-25-18(2)31)29-23(30-22)19-9-4-3-5-10-19/h3-11,16H,12-15H2,1-2H3,(H,25,31)(H,28,32)(H2,26,27,29,30). The van der Waals surface area contributed by atoms with Crippen molar-refractivity contribution in [3.05, 3.63) is 71.8 Å². The van der Waals surface area contributed by atoms with E-state index < -0.39 is 0 Å². The highest BCUT2D eigenvalue weighted by atomic mass is 16.2. The van der Waals surface area contributed by atoms with Crippen LogP contribution in [-0.2, 0) is 4.79 Å². The van der Waals surface area contributed by atoms with Gasteiger partial charge in [0.25, 0.3) is 5.91 Å². The van der Waals surface area contributed by atoms with Crippen molar-refractivity contribution in [2.45, 2.75) is 13.8 Å². The summed E-state index contributed by atoms with van der Waals surface area (Å²) in [6.45, 7) is 5.39. The van der Waals surface area contributed by atoms with Gasteiger partial charge >= 0.3 is 0 Å². The van der Waals surface area contributed by atoms with E-state index in [1.165, 1.54) is 6.92 Å². The van der Waals surface area contributed by atoms with Crippen molar-refractivity contribution in [2.75, 3.05) is 36.8 Å². The van der Waals surface area contributed by atoms with Crippen molar-refractivity contribution < 1.29 is 9.59 Å². The number of amides is 2. The van der Waals surface area contributed by atoms with Gasteiger partial charge in [-0.3, -0.25) is 9.59 Å². The zero-order valence-electron chi connectivity index (χ0n) is 18.3. The lowest BCUT2D eigenvalue weighted by Gasteiger charge is -2.12. The smallest absolute Gasteiger partial charge is 0.251 e. The average molecular weight is 433 g/mol. The first-order chi connectivity index (χ1) is 15.5. The third kappa shape index (κ3) is 6.80. The first-order valence-corrected chi connectivity index (χ1v) is 10.5. The van der Waals surface area contributed by atoms with Crippen LogP contribution in [0.25, 0.3) is 11.4 Å². The molecule has 0 aliphatic carbocycles. The van der Waals surface area contributed by atoms with Crippen molar-refractivity contribution in [1.29, 1.82) is 0 Å². The van der Waals surface area contributed by atoms with Gasteiger partial charge in [0.15, 0.2) is 5.82 Å². The van der Waals surface area contributed by atoms with Gasteiger partial charge in [-0.1, -0.05) is 48.5 Å². The minimum atomic E-state index is -0.0992. The second-order valence-corrected chi connectivity index (χ2v) is 7.24. The summed E-state index contributed by atoms with van der Waals surface area (Å²) in [5, 5.41) is 12.1. The Bertz CT molecular complexity index is 1060. The maximum Gasteiger partial charge on any atom is 0.251 e. The Labute approximate surface area is 187 Å². The van der Waals surface area contributed by atoms with Crippen molar-refractivity contribution in [3.8, 4) is 11.4 Å². The first-order valence-electron chi connectivity index (χ1n) is 10.5. The fourth-order valence-corrected chi connectivity index (χ4v) is 3.06. The van der Waals surface area contributed by atoms with E-state index in [1.807, 2.05) is 67.6 Å². The molecule has 0 saturated heterocycles. The average Bonchev–Trinajstić information content (AvgIpc) is 2.80. The molecule has 0 aliphatic heterocycles. The molecule has 4 N–H and O–H groups in total. The SMILES string of the molecule is CC(=O)NCCNc1cc(NCCNC(=O)c2ccccc2C)nc(-c2ccccc2)n1. The molecule has 32 heavy (non-hydrogen) atoms. The molecule has 0 bridgehead atoms. The number of carbonyl (C=O) groups excluding carboxylic acids is 2. The maximum atomic E-state index is 12.4. The van der Waals surface area contributed by atoms with Crippen LogP contribution < -0.4 is 21.3 Å². The molecule has 0 radical (unpaired) electrons. The topological polar surface area (TPSA) is 108 Å². The number of nitrogens with one attached hydrogen (secondary N) is 4. The van der Waals surface area contributed by atoms with Crippen LogP contribution in [0.2, 0.25) is 0 Å². The van der Waals surface area contributed by atoms with E-state index in [1.54, 1.807) is 0 Å². The third-order valence-corrected chi connectivity index (χ3v) is 4.67. The van der Waals surface area contributed by atoms with Crippen molar-refractivity contribution in [2.24, 2.45) is 0 Å². The summed E-state index contributed by atoms with van der Waals surface area (Å²) < 4.78 is 0. The predicted molar refractivity (Wildman–Crippen MR) is 127 cm³/mol. The Morgan fingerprint density at radius 1 is 0.781 bits per heavy atom. The van der Waals surface area contributed by atoms with Gasteiger partial charge in [-0.25, -0.2) is 9.97 Å². The van der Waals surface area contributed by atoms with Gasteiger partial charge in [0.05, 0.1) is 0 Å². The minimum absolute atomic E-state index is 0.0745. The van der Waals surface area contributed by atoms with E-state index in [9.17, 15) is 9.59 Å². The van der Waals surface area contributed by atoms with Crippen molar-refractivity contribution in [3.63, 3.8) is 0 Å². The van der Waals surface area contributed by atoms with Crippen molar-refractivity contribution >= 4 is 23.5 Å². The fourth-order valence-electron chi connectivity index (χ4n) is 3.06. The minimum Gasteiger partial charge on any atom is -0.368 e. The zero-order valence-corrected chi connectivity index (χ0v) is 18.3. The van der Waals surface area contributed by atoms with E-state index >= 15 is 0 Å². The number of hydrogen-bond donors (Lipinski definition) is 4. The van der Waals surface area contributed by atoms with Gasteiger partial charge < -0.3 is 21.3 Å². The van der Waals surface area contributed by atoms with Gasteiger partial charge in [0, 0.05) is 50.3 Å². The van der Waals surface area contributed by atoms with Crippen LogP contribution in [0, 0.1) is 6.92 Å². The monoisotopic (exact) mass is 432 g/mol. The second kappa shape index (κ2) is 11.5. The Morgan fingerprint density at radius 3 is 2.00 bits per heavy atom. The predicted octanol–water partition coefficient (Wildman–Crippen LogP) is 2.84. The van der Waals surface area contributed by atoms with Crippen LogP contribution in [0.5, 0.6) is 0 Å². The molecule has 1 aromatic heterocycles.